The topological polar surface area (TPSA) is 79.0 Å². The molecule has 1 aromatic rings. The smallest absolute Gasteiger partial charge is 0.407 e. The lowest BCUT2D eigenvalue weighted by Crippen LogP contribution is -2.48. The molecule has 1 aromatic carbocycles. The molecule has 0 radical (unpaired) electrons. The van der Waals surface area contributed by atoms with Crippen LogP contribution in [0.3, 0.4) is 0 Å². The summed E-state index contributed by atoms with van der Waals surface area (Å²) in [6.07, 6.45) is 0.105. The number of anilines is 1. The van der Waals surface area contributed by atoms with Crippen LogP contribution in [0.15, 0.2) is 24.3 Å². The molecule has 110 valence electrons. The first kappa shape index (κ1) is 14.5. The Bertz CT molecular complexity index is 428. The number of hydrogen-bond donors (Lipinski definition) is 2. The van der Waals surface area contributed by atoms with Crippen molar-refractivity contribution in [3.63, 3.8) is 0 Å². The number of rotatable bonds is 5. The van der Waals surface area contributed by atoms with Gasteiger partial charge in [0.2, 0.25) is 0 Å². The number of benzene rings is 1. The van der Waals surface area contributed by atoms with Crippen molar-refractivity contribution in [2.24, 2.45) is 0 Å². The van der Waals surface area contributed by atoms with E-state index in [9.17, 15) is 4.79 Å². The summed E-state index contributed by atoms with van der Waals surface area (Å²) in [5, 5.41) is 8.86. The van der Waals surface area contributed by atoms with Crippen molar-refractivity contribution in [2.75, 3.05) is 45.1 Å². The molecule has 0 spiro atoms. The molecule has 1 fully saturated rings. The molecule has 1 heterocycles. The van der Waals surface area contributed by atoms with Crippen LogP contribution in [-0.2, 0) is 0 Å². The fourth-order valence-corrected chi connectivity index (χ4v) is 2.20. The number of nitrogens with zero attached hydrogens (tertiary/aromatic N) is 2. The van der Waals surface area contributed by atoms with E-state index >= 15 is 0 Å². The van der Waals surface area contributed by atoms with Gasteiger partial charge in [-0.3, -0.25) is 4.90 Å². The first-order valence-corrected chi connectivity index (χ1v) is 6.84. The van der Waals surface area contributed by atoms with Crippen molar-refractivity contribution in [2.45, 2.75) is 6.42 Å². The van der Waals surface area contributed by atoms with Crippen molar-refractivity contribution in [1.29, 1.82) is 0 Å². The van der Waals surface area contributed by atoms with Crippen LogP contribution in [0.2, 0.25) is 0 Å². The zero-order valence-corrected chi connectivity index (χ0v) is 11.5. The van der Waals surface area contributed by atoms with Crippen molar-refractivity contribution >= 4 is 11.8 Å². The van der Waals surface area contributed by atoms with Crippen LogP contribution >= 0.6 is 0 Å². The third-order valence-corrected chi connectivity index (χ3v) is 3.41. The molecule has 0 bridgehead atoms. The lowest BCUT2D eigenvalue weighted by molar-refractivity contribution is 0.103. The molecule has 20 heavy (non-hydrogen) atoms. The quantitative estimate of drug-likeness (QED) is 0.628. The van der Waals surface area contributed by atoms with E-state index in [0.717, 1.165) is 37.5 Å². The minimum atomic E-state index is -0.823. The van der Waals surface area contributed by atoms with E-state index < -0.39 is 6.09 Å². The Kier molecular flexibility index (Phi) is 5.06. The Hall–Kier alpha value is -1.95. The van der Waals surface area contributed by atoms with Crippen LogP contribution in [0.1, 0.15) is 6.42 Å². The van der Waals surface area contributed by atoms with Crippen molar-refractivity contribution in [1.82, 2.24) is 9.80 Å². The lowest BCUT2D eigenvalue weighted by Gasteiger charge is -2.32. The van der Waals surface area contributed by atoms with Gasteiger partial charge in [-0.25, -0.2) is 4.79 Å². The third-order valence-electron chi connectivity index (χ3n) is 3.41. The van der Waals surface area contributed by atoms with Gasteiger partial charge in [0.15, 0.2) is 0 Å². The average molecular weight is 279 g/mol. The highest BCUT2D eigenvalue weighted by atomic mass is 16.5. The molecule has 0 saturated carbocycles. The van der Waals surface area contributed by atoms with Crippen molar-refractivity contribution < 1.29 is 14.6 Å². The molecular formula is C14H21N3O3. The van der Waals surface area contributed by atoms with Gasteiger partial charge in [0.25, 0.3) is 0 Å². The Labute approximate surface area is 118 Å². The van der Waals surface area contributed by atoms with Crippen LogP contribution in [0, 0.1) is 0 Å². The van der Waals surface area contributed by atoms with Crippen LogP contribution in [-0.4, -0.2) is 60.3 Å². The van der Waals surface area contributed by atoms with Crippen LogP contribution in [0.4, 0.5) is 10.5 Å². The van der Waals surface area contributed by atoms with Gasteiger partial charge in [0, 0.05) is 38.4 Å². The molecular weight excluding hydrogens is 258 g/mol. The Morgan fingerprint density at radius 3 is 2.45 bits per heavy atom. The second-order valence-electron chi connectivity index (χ2n) is 4.88. The Morgan fingerprint density at radius 2 is 1.85 bits per heavy atom. The first-order valence-electron chi connectivity index (χ1n) is 6.84. The molecule has 1 aliphatic rings. The summed E-state index contributed by atoms with van der Waals surface area (Å²) in [6.45, 7) is 4.37. The zero-order valence-electron chi connectivity index (χ0n) is 11.5. The second kappa shape index (κ2) is 7.00. The molecule has 0 unspecified atom stereocenters. The predicted molar refractivity (Wildman–Crippen MR) is 77.0 cm³/mol. The SMILES string of the molecule is Nc1ccc(OCCCN2CCN(C(=O)O)CC2)cc1. The van der Waals surface area contributed by atoms with E-state index in [1.807, 2.05) is 24.3 Å². The molecule has 1 aliphatic heterocycles. The maximum absolute atomic E-state index is 10.8. The lowest BCUT2D eigenvalue weighted by atomic mass is 10.3. The molecule has 0 aliphatic carbocycles. The van der Waals surface area contributed by atoms with Gasteiger partial charge >= 0.3 is 6.09 Å². The molecule has 3 N–H and O–H groups in total. The molecule has 0 aromatic heterocycles. The normalized spacial score (nSPS) is 16.1. The minimum Gasteiger partial charge on any atom is -0.494 e. The number of ether oxygens (including phenoxy) is 1. The van der Waals surface area contributed by atoms with E-state index in [1.54, 1.807) is 0 Å². The molecule has 2 rings (SSSR count). The fraction of sp³-hybridized carbons (Fsp3) is 0.500. The number of amides is 1. The Morgan fingerprint density at radius 1 is 1.20 bits per heavy atom. The monoisotopic (exact) mass is 279 g/mol. The number of nitrogen functional groups attached to an aromatic ring is 1. The summed E-state index contributed by atoms with van der Waals surface area (Å²) in [7, 11) is 0. The predicted octanol–water partition coefficient (Wildman–Crippen LogP) is 1.33. The van der Waals surface area contributed by atoms with E-state index in [4.69, 9.17) is 15.6 Å². The number of nitrogens with two attached hydrogens (primary N) is 1. The van der Waals surface area contributed by atoms with E-state index in [0.29, 0.717) is 19.7 Å². The number of carboxylic acid groups (broad SMARTS) is 1. The van der Waals surface area contributed by atoms with E-state index in [1.165, 1.54) is 4.90 Å². The van der Waals surface area contributed by atoms with Gasteiger partial charge < -0.3 is 20.5 Å². The first-order chi connectivity index (χ1) is 9.65. The minimum absolute atomic E-state index is 0.591. The van der Waals surface area contributed by atoms with Gasteiger partial charge in [-0.05, 0) is 30.7 Å². The summed E-state index contributed by atoms with van der Waals surface area (Å²) < 4.78 is 5.62. The van der Waals surface area contributed by atoms with Gasteiger partial charge in [0.05, 0.1) is 6.61 Å². The van der Waals surface area contributed by atoms with Crippen LogP contribution in [0.5, 0.6) is 5.75 Å². The highest BCUT2D eigenvalue weighted by Gasteiger charge is 2.19. The summed E-state index contributed by atoms with van der Waals surface area (Å²) in [5.74, 6) is 0.829. The molecule has 6 nitrogen and oxygen atoms in total. The molecule has 1 amide bonds. The highest BCUT2D eigenvalue weighted by molar-refractivity contribution is 5.65. The van der Waals surface area contributed by atoms with Crippen molar-refractivity contribution in [3.8, 4) is 5.75 Å². The molecule has 6 heteroatoms. The zero-order chi connectivity index (χ0) is 14.4. The summed E-state index contributed by atoms with van der Waals surface area (Å²) in [5.41, 5.74) is 6.33. The number of piperazine rings is 1. The number of hydrogen-bond acceptors (Lipinski definition) is 4. The molecule has 1 saturated heterocycles. The van der Waals surface area contributed by atoms with Gasteiger partial charge in [-0.2, -0.15) is 0 Å². The van der Waals surface area contributed by atoms with Gasteiger partial charge in [0.1, 0.15) is 5.75 Å². The fourth-order valence-electron chi connectivity index (χ4n) is 2.20. The summed E-state index contributed by atoms with van der Waals surface area (Å²) in [4.78, 5) is 14.5. The average Bonchev–Trinajstić information content (AvgIpc) is 2.46. The van der Waals surface area contributed by atoms with E-state index in [-0.39, 0.29) is 0 Å². The Balaban J connectivity index is 1.60. The standard InChI is InChI=1S/C14H21N3O3/c15-12-2-4-13(5-3-12)20-11-1-6-16-7-9-17(10-8-16)14(18)19/h2-5H,1,6-11,15H2,(H,18,19). The van der Waals surface area contributed by atoms with Crippen molar-refractivity contribution in [3.05, 3.63) is 24.3 Å². The maximum Gasteiger partial charge on any atom is 0.407 e. The van der Waals surface area contributed by atoms with Gasteiger partial charge in [-0.15, -0.1) is 0 Å². The maximum atomic E-state index is 10.8. The largest absolute Gasteiger partial charge is 0.494 e. The van der Waals surface area contributed by atoms with Crippen LogP contribution in [0.25, 0.3) is 0 Å². The third kappa shape index (κ3) is 4.31. The molecule has 0 atom stereocenters. The summed E-state index contributed by atoms with van der Waals surface area (Å²) in [6, 6.07) is 7.36. The highest BCUT2D eigenvalue weighted by Crippen LogP contribution is 2.13. The van der Waals surface area contributed by atoms with Crippen LogP contribution < -0.4 is 10.5 Å². The number of carbonyl (C=O) groups is 1. The summed E-state index contributed by atoms with van der Waals surface area (Å²) >= 11 is 0. The van der Waals surface area contributed by atoms with Gasteiger partial charge in [-0.1, -0.05) is 0 Å². The second-order valence-corrected chi connectivity index (χ2v) is 4.88. The van der Waals surface area contributed by atoms with E-state index in [2.05, 4.69) is 4.90 Å².